The van der Waals surface area contributed by atoms with E-state index in [2.05, 4.69) is 0 Å². The van der Waals surface area contributed by atoms with Crippen LogP contribution in [0.2, 0.25) is 0 Å². The van der Waals surface area contributed by atoms with E-state index in [9.17, 15) is 26.3 Å². The topological polar surface area (TPSA) is 40.5 Å². The first-order chi connectivity index (χ1) is 5.12. The van der Waals surface area contributed by atoms with E-state index in [-0.39, 0.29) is 0 Å². The van der Waals surface area contributed by atoms with E-state index in [0.717, 1.165) is 0 Å². The first-order valence-corrected chi connectivity index (χ1v) is 2.47. The molecular formula is C4H6F6O2. The maximum absolute atomic E-state index is 10.5. The molecule has 0 fully saturated rings. The van der Waals surface area contributed by atoms with Crippen molar-refractivity contribution in [3.05, 3.63) is 0 Å². The Labute approximate surface area is 63.4 Å². The SMILES string of the molecule is OCC(F)(F)F.OCC(F)(F)F. The summed E-state index contributed by atoms with van der Waals surface area (Å²) in [5.74, 6) is 0. The molecule has 0 aliphatic heterocycles. The van der Waals surface area contributed by atoms with Crippen molar-refractivity contribution in [1.82, 2.24) is 0 Å². The van der Waals surface area contributed by atoms with Crippen molar-refractivity contribution in [3.63, 3.8) is 0 Å². The van der Waals surface area contributed by atoms with Gasteiger partial charge in [-0.05, 0) is 0 Å². The zero-order valence-corrected chi connectivity index (χ0v) is 5.58. The molecule has 0 unspecified atom stereocenters. The number of rotatable bonds is 0. The van der Waals surface area contributed by atoms with E-state index in [1.165, 1.54) is 0 Å². The minimum atomic E-state index is -4.40. The van der Waals surface area contributed by atoms with Gasteiger partial charge in [-0.15, -0.1) is 0 Å². The molecule has 0 saturated carbocycles. The van der Waals surface area contributed by atoms with E-state index >= 15 is 0 Å². The van der Waals surface area contributed by atoms with E-state index < -0.39 is 25.6 Å². The van der Waals surface area contributed by atoms with Gasteiger partial charge in [0.15, 0.2) is 0 Å². The van der Waals surface area contributed by atoms with E-state index in [0.29, 0.717) is 0 Å². The summed E-state index contributed by atoms with van der Waals surface area (Å²) >= 11 is 0. The molecule has 2 nitrogen and oxygen atoms in total. The lowest BCUT2D eigenvalue weighted by Crippen LogP contribution is -2.12. The Balaban J connectivity index is 0. The number of halogens is 6. The Morgan fingerprint density at radius 2 is 0.750 bits per heavy atom. The van der Waals surface area contributed by atoms with Gasteiger partial charge in [0.05, 0.1) is 0 Å². The third-order valence-electron chi connectivity index (χ3n) is 0.359. The van der Waals surface area contributed by atoms with Crippen LogP contribution in [-0.4, -0.2) is 35.8 Å². The molecule has 76 valence electrons. The second-order valence-electron chi connectivity index (χ2n) is 1.55. The lowest BCUT2D eigenvalue weighted by atomic mass is 10.7. The summed E-state index contributed by atoms with van der Waals surface area (Å²) in [6, 6.07) is 0. The maximum atomic E-state index is 10.5. The van der Waals surface area contributed by atoms with E-state index in [1.807, 2.05) is 0 Å². The van der Waals surface area contributed by atoms with Gasteiger partial charge in [-0.2, -0.15) is 26.3 Å². The molecule has 0 saturated heterocycles. The Hall–Kier alpha value is -0.500. The van der Waals surface area contributed by atoms with Crippen LogP contribution in [0.4, 0.5) is 26.3 Å². The van der Waals surface area contributed by atoms with Gasteiger partial charge in [0, 0.05) is 0 Å². The van der Waals surface area contributed by atoms with Crippen molar-refractivity contribution in [2.75, 3.05) is 13.2 Å². The highest BCUT2D eigenvalue weighted by Gasteiger charge is 2.25. The molecule has 0 aromatic carbocycles. The minimum absolute atomic E-state index is 1.73. The Morgan fingerprint density at radius 3 is 0.750 bits per heavy atom. The first kappa shape index (κ1) is 14.0. The average molecular weight is 200 g/mol. The van der Waals surface area contributed by atoms with Gasteiger partial charge in [-0.1, -0.05) is 0 Å². The summed E-state index contributed by atoms with van der Waals surface area (Å²) in [6.07, 6.45) is -8.81. The maximum Gasteiger partial charge on any atom is 0.411 e. The smallest absolute Gasteiger partial charge is 0.387 e. The predicted molar refractivity (Wildman–Crippen MR) is 26.3 cm³/mol. The largest absolute Gasteiger partial charge is 0.411 e. The van der Waals surface area contributed by atoms with Crippen LogP contribution in [-0.2, 0) is 0 Å². The fourth-order valence-corrected chi connectivity index (χ4v) is 0. The van der Waals surface area contributed by atoms with Crippen molar-refractivity contribution >= 4 is 0 Å². The Morgan fingerprint density at radius 1 is 0.667 bits per heavy atom. The summed E-state index contributed by atoms with van der Waals surface area (Å²) in [5.41, 5.74) is 0. The van der Waals surface area contributed by atoms with Crippen LogP contribution in [0.1, 0.15) is 0 Å². The summed E-state index contributed by atoms with van der Waals surface area (Å²) < 4.78 is 63.2. The highest BCUT2D eigenvalue weighted by Crippen LogP contribution is 2.11. The fraction of sp³-hybridized carbons (Fsp3) is 1.00. The molecule has 0 bridgehead atoms. The van der Waals surface area contributed by atoms with Gasteiger partial charge < -0.3 is 10.2 Å². The van der Waals surface area contributed by atoms with Crippen molar-refractivity contribution < 1.29 is 36.6 Å². The van der Waals surface area contributed by atoms with Gasteiger partial charge >= 0.3 is 12.4 Å². The van der Waals surface area contributed by atoms with Gasteiger partial charge in [0.25, 0.3) is 0 Å². The summed E-state index contributed by atoms with van der Waals surface area (Å²) in [6.45, 7) is -3.46. The molecule has 0 aliphatic carbocycles. The molecule has 0 aromatic heterocycles. The zero-order valence-electron chi connectivity index (χ0n) is 5.58. The molecule has 0 aromatic rings. The highest BCUT2D eigenvalue weighted by atomic mass is 19.4. The molecule has 2 N–H and O–H groups in total. The summed E-state index contributed by atoms with van der Waals surface area (Å²) in [4.78, 5) is 0. The number of alkyl halides is 6. The lowest BCUT2D eigenvalue weighted by molar-refractivity contribution is -0.160. The zero-order chi connectivity index (χ0) is 10.4. The Kier molecular flexibility index (Phi) is 6.09. The molecule has 0 spiro atoms. The third kappa shape index (κ3) is 22.7. The second kappa shape index (κ2) is 5.20. The molecule has 0 rings (SSSR count). The molecule has 0 aliphatic rings. The third-order valence-corrected chi connectivity index (χ3v) is 0.359. The monoisotopic (exact) mass is 200 g/mol. The van der Waals surface area contributed by atoms with Gasteiger partial charge in [-0.3, -0.25) is 0 Å². The molecule has 8 heteroatoms. The highest BCUT2D eigenvalue weighted by molar-refractivity contribution is 4.39. The second-order valence-corrected chi connectivity index (χ2v) is 1.55. The van der Waals surface area contributed by atoms with Gasteiger partial charge in [-0.25, -0.2) is 0 Å². The van der Waals surface area contributed by atoms with Crippen molar-refractivity contribution in [1.29, 1.82) is 0 Å². The molecule has 0 atom stereocenters. The number of aliphatic hydroxyl groups excluding tert-OH is 2. The van der Waals surface area contributed by atoms with Crippen LogP contribution in [0.25, 0.3) is 0 Å². The molecule has 0 radical (unpaired) electrons. The van der Waals surface area contributed by atoms with Crippen molar-refractivity contribution in [2.24, 2.45) is 0 Å². The fourth-order valence-electron chi connectivity index (χ4n) is 0. The molecular weight excluding hydrogens is 194 g/mol. The number of hydrogen-bond donors (Lipinski definition) is 2. The predicted octanol–water partition coefficient (Wildman–Crippen LogP) is 1.08. The van der Waals surface area contributed by atoms with Gasteiger partial charge in [0.2, 0.25) is 0 Å². The minimum Gasteiger partial charge on any atom is -0.387 e. The summed E-state index contributed by atoms with van der Waals surface area (Å²) in [5, 5.41) is 14.6. The number of hydrogen-bond acceptors (Lipinski definition) is 2. The standard InChI is InChI=1S/2C2H3F3O/c2*3-2(4,5)1-6/h2*6H,1H2. The molecule has 12 heavy (non-hydrogen) atoms. The first-order valence-electron chi connectivity index (χ1n) is 2.47. The van der Waals surface area contributed by atoms with Crippen molar-refractivity contribution in [2.45, 2.75) is 12.4 Å². The molecule has 0 amide bonds. The van der Waals surface area contributed by atoms with Crippen LogP contribution < -0.4 is 0 Å². The van der Waals surface area contributed by atoms with Crippen molar-refractivity contribution in [3.8, 4) is 0 Å². The quantitative estimate of drug-likeness (QED) is 0.574. The van der Waals surface area contributed by atoms with E-state index in [1.54, 1.807) is 0 Å². The normalized spacial score (nSPS) is 12.0. The number of aliphatic hydroxyl groups is 2. The van der Waals surface area contributed by atoms with Crippen LogP contribution in [0, 0.1) is 0 Å². The van der Waals surface area contributed by atoms with Crippen LogP contribution >= 0.6 is 0 Å². The average Bonchev–Trinajstić information content (AvgIpc) is 1.86. The van der Waals surface area contributed by atoms with Crippen LogP contribution in [0.5, 0.6) is 0 Å². The van der Waals surface area contributed by atoms with Crippen LogP contribution in [0.3, 0.4) is 0 Å². The molecule has 0 heterocycles. The Bertz CT molecular complexity index is 91.1. The summed E-state index contributed by atoms with van der Waals surface area (Å²) in [7, 11) is 0. The van der Waals surface area contributed by atoms with Crippen LogP contribution in [0.15, 0.2) is 0 Å². The lowest BCUT2D eigenvalue weighted by Gasteiger charge is -1.95. The van der Waals surface area contributed by atoms with E-state index in [4.69, 9.17) is 10.2 Å². The van der Waals surface area contributed by atoms with Gasteiger partial charge in [0.1, 0.15) is 13.2 Å².